The summed E-state index contributed by atoms with van der Waals surface area (Å²) in [5.41, 5.74) is 3.28. The van der Waals surface area contributed by atoms with Crippen LogP contribution < -0.4 is 4.46 Å². The Kier molecular flexibility index (Phi) is 12.6. The molecule has 0 aromatic heterocycles. The van der Waals surface area contributed by atoms with Crippen LogP contribution in [0.1, 0.15) is 29.7 Å². The van der Waals surface area contributed by atoms with Crippen molar-refractivity contribution >= 4 is 34.3 Å². The average Bonchev–Trinajstić information content (AvgIpc) is 3.59. The van der Waals surface area contributed by atoms with Gasteiger partial charge in [0.1, 0.15) is 0 Å². The van der Waals surface area contributed by atoms with Gasteiger partial charge in [-0.25, -0.2) is 12.1 Å². The maximum Gasteiger partial charge on any atom is 2.00 e. The second-order valence-corrected chi connectivity index (χ2v) is 14.3. The Morgan fingerprint density at radius 1 is 0.973 bits per heavy atom. The van der Waals surface area contributed by atoms with E-state index >= 15 is 0 Å². The fraction of sp³-hybridized carbons (Fsp3) is 0.200. The quantitative estimate of drug-likeness (QED) is 0.171. The molecular weight excluding hydrogens is 587 g/mol. The topological polar surface area (TPSA) is 49.7 Å². The first-order valence-corrected chi connectivity index (χ1v) is 16.1. The van der Waals surface area contributed by atoms with Crippen LogP contribution in [-0.2, 0) is 27.1 Å². The van der Waals surface area contributed by atoms with Crippen LogP contribution in [0.15, 0.2) is 117 Å². The number of benzene rings is 2. The van der Waals surface area contributed by atoms with Crippen LogP contribution >= 0.6 is 0 Å². The van der Waals surface area contributed by atoms with Gasteiger partial charge in [-0.15, -0.1) is 0 Å². The van der Waals surface area contributed by atoms with Gasteiger partial charge >= 0.3 is 208 Å². The van der Waals surface area contributed by atoms with Crippen LogP contribution in [0, 0.1) is 6.92 Å². The standard InChI is InChI=1S/C25H29N2O2SSe.C5H5.Fe/c1-20-15-17-23(18-16-20)30(28,29)26-31(19-9-12-22-10-6-5-7-11-22)25-14-8-13-24(25)21(2)27(3)4;1-2-4-5-3-1;/h5-18,21H,19H2,1-4H3;1-5H;/q2*-1;+2/b12-9-;;. The molecule has 0 fully saturated rings. The van der Waals surface area contributed by atoms with Gasteiger partial charge in [0, 0.05) is 0 Å². The van der Waals surface area contributed by atoms with Crippen molar-refractivity contribution in [3.05, 3.63) is 126 Å². The van der Waals surface area contributed by atoms with E-state index in [0.717, 1.165) is 21.2 Å². The Labute approximate surface area is 237 Å². The van der Waals surface area contributed by atoms with Gasteiger partial charge in [-0.05, 0) is 0 Å². The Balaban J connectivity index is 0.000000716. The van der Waals surface area contributed by atoms with Gasteiger partial charge in [0.15, 0.2) is 0 Å². The predicted octanol–water partition coefficient (Wildman–Crippen LogP) is 6.31. The molecular formula is C30H34FeN2O2SSe. The van der Waals surface area contributed by atoms with E-state index in [1.54, 1.807) is 12.1 Å². The molecule has 0 radical (unpaired) electrons. The molecule has 0 heterocycles. The molecule has 4 aromatic carbocycles. The molecule has 0 saturated carbocycles. The van der Waals surface area contributed by atoms with Crippen LogP contribution in [0.25, 0.3) is 6.08 Å². The minimum atomic E-state index is -3.73. The van der Waals surface area contributed by atoms with E-state index in [2.05, 4.69) is 27.3 Å². The van der Waals surface area contributed by atoms with Gasteiger partial charge in [0.25, 0.3) is 0 Å². The van der Waals surface area contributed by atoms with Gasteiger partial charge in [-0.2, -0.15) is 18.2 Å². The molecule has 0 aliphatic carbocycles. The molecule has 2 atom stereocenters. The number of hydrogen-bond donors (Lipinski definition) is 0. The van der Waals surface area contributed by atoms with E-state index in [-0.39, 0.29) is 28.0 Å². The van der Waals surface area contributed by atoms with Gasteiger partial charge < -0.3 is 0 Å². The van der Waals surface area contributed by atoms with Crippen LogP contribution in [0.5, 0.6) is 0 Å². The number of hydrogen-bond acceptors (Lipinski definition) is 3. The molecule has 2 unspecified atom stereocenters. The molecule has 37 heavy (non-hydrogen) atoms. The van der Waals surface area contributed by atoms with Crippen molar-refractivity contribution < 1.29 is 25.5 Å². The van der Waals surface area contributed by atoms with E-state index in [9.17, 15) is 8.42 Å². The van der Waals surface area contributed by atoms with E-state index in [1.807, 2.05) is 112 Å². The van der Waals surface area contributed by atoms with Gasteiger partial charge in [0.05, 0.1) is 0 Å². The summed E-state index contributed by atoms with van der Waals surface area (Å²) in [5.74, 6) is 0. The SMILES string of the molecule is Cc1ccc(S(=O)(=O)/N=[Se](\C/C=C\c2ccccc2)c2ccc[c-]2C(C)N(C)C)cc1.[Fe+2].c1cc[cH-]c1. The molecule has 0 aliphatic heterocycles. The molecule has 4 aromatic rings. The third-order valence-electron chi connectivity index (χ3n) is 5.71. The summed E-state index contributed by atoms with van der Waals surface area (Å²) < 4.78 is 31.8. The minimum absolute atomic E-state index is 0. The van der Waals surface area contributed by atoms with E-state index in [0.29, 0.717) is 5.32 Å². The fourth-order valence-electron chi connectivity index (χ4n) is 3.45. The van der Waals surface area contributed by atoms with E-state index in [1.165, 1.54) is 0 Å². The Morgan fingerprint density at radius 2 is 1.62 bits per heavy atom. The van der Waals surface area contributed by atoms with Crippen molar-refractivity contribution in [2.75, 3.05) is 14.1 Å². The number of rotatable bonds is 8. The molecule has 0 spiro atoms. The predicted molar refractivity (Wildman–Crippen MR) is 153 cm³/mol. The summed E-state index contributed by atoms with van der Waals surface area (Å²) >= 11 is -2.03. The van der Waals surface area contributed by atoms with Crippen molar-refractivity contribution in [1.82, 2.24) is 4.90 Å². The van der Waals surface area contributed by atoms with Crippen molar-refractivity contribution in [3.63, 3.8) is 0 Å². The van der Waals surface area contributed by atoms with Gasteiger partial charge in [0.2, 0.25) is 0 Å². The maximum atomic E-state index is 13.1. The molecule has 0 aliphatic rings. The van der Waals surface area contributed by atoms with Crippen LogP contribution in [0.3, 0.4) is 0 Å². The Hall–Kier alpha value is -2.37. The van der Waals surface area contributed by atoms with Crippen molar-refractivity contribution in [1.29, 1.82) is 0 Å². The molecule has 0 N–H and O–H groups in total. The first kappa shape index (κ1) is 30.9. The van der Waals surface area contributed by atoms with Crippen LogP contribution in [-0.4, -0.2) is 41.1 Å². The van der Waals surface area contributed by atoms with E-state index in [4.69, 9.17) is 0 Å². The van der Waals surface area contributed by atoms with Crippen LogP contribution in [0.4, 0.5) is 0 Å². The van der Waals surface area contributed by atoms with Crippen molar-refractivity contribution in [2.24, 2.45) is 3.37 Å². The number of sulfonamides is 1. The third kappa shape index (κ3) is 9.46. The number of aryl methyl sites for hydroxylation is 1. The fourth-order valence-corrected chi connectivity index (χ4v) is 9.84. The average molecular weight is 621 g/mol. The van der Waals surface area contributed by atoms with Crippen LogP contribution in [0.2, 0.25) is 5.32 Å². The zero-order chi connectivity index (χ0) is 26.0. The first-order valence-electron chi connectivity index (χ1n) is 11.8. The molecule has 196 valence electrons. The van der Waals surface area contributed by atoms with Gasteiger partial charge in [-0.3, -0.25) is 0 Å². The summed E-state index contributed by atoms with van der Waals surface area (Å²) in [5, 5.41) is 0.622. The maximum absolute atomic E-state index is 13.1. The van der Waals surface area contributed by atoms with Crippen molar-refractivity contribution in [3.8, 4) is 0 Å². The zero-order valence-corrected chi connectivity index (χ0v) is 25.3. The smallest absolute Gasteiger partial charge is 0.214 e. The normalized spacial score (nSPS) is 13.1. The molecule has 0 bridgehead atoms. The Morgan fingerprint density at radius 3 is 2.19 bits per heavy atom. The first-order chi connectivity index (χ1) is 17.3. The third-order valence-corrected chi connectivity index (χ3v) is 12.2. The summed E-state index contributed by atoms with van der Waals surface area (Å²) in [6.45, 7) is 4.08. The van der Waals surface area contributed by atoms with Crippen molar-refractivity contribution in [2.45, 2.75) is 30.1 Å². The summed E-state index contributed by atoms with van der Waals surface area (Å²) in [7, 11) is 0.340. The largest absolute Gasteiger partial charge is 2.00 e. The number of allylic oxidation sites excluding steroid dienone is 1. The molecule has 0 amide bonds. The van der Waals surface area contributed by atoms with E-state index < -0.39 is 23.7 Å². The van der Waals surface area contributed by atoms with Gasteiger partial charge in [-0.1, -0.05) is 0 Å². The number of nitrogens with zero attached hydrogens (tertiary/aromatic N) is 2. The molecule has 0 saturated heterocycles. The zero-order valence-electron chi connectivity index (χ0n) is 21.6. The Bertz CT molecular complexity index is 1340. The summed E-state index contributed by atoms with van der Waals surface area (Å²) in [6, 6.07) is 33.3. The molecule has 4 nitrogen and oxygen atoms in total. The minimum Gasteiger partial charge on any atom is -0.214 e. The second-order valence-electron chi connectivity index (χ2n) is 8.65. The summed E-state index contributed by atoms with van der Waals surface area (Å²) in [4.78, 5) is 2.39. The summed E-state index contributed by atoms with van der Waals surface area (Å²) in [6.07, 6.45) is 4.10. The molecule has 7 heteroatoms. The molecule has 4 rings (SSSR count). The monoisotopic (exact) mass is 622 g/mol. The second kappa shape index (κ2) is 15.1.